The third-order valence-electron chi connectivity index (χ3n) is 5.59. The molecule has 7 nitrogen and oxygen atoms in total. The highest BCUT2D eigenvalue weighted by Crippen LogP contribution is 2.20. The highest BCUT2D eigenvalue weighted by molar-refractivity contribution is 5.77. The Hall–Kier alpha value is -3.58. The Bertz CT molecular complexity index is 1020. The van der Waals surface area contributed by atoms with Crippen LogP contribution in [0.15, 0.2) is 72.9 Å². The lowest BCUT2D eigenvalue weighted by molar-refractivity contribution is -0.123. The summed E-state index contributed by atoms with van der Waals surface area (Å²) >= 11 is 0. The number of amides is 1. The molecule has 1 fully saturated rings. The Morgan fingerprint density at radius 2 is 1.61 bits per heavy atom. The third-order valence-corrected chi connectivity index (χ3v) is 5.59. The van der Waals surface area contributed by atoms with Crippen molar-refractivity contribution in [2.75, 3.05) is 44.7 Å². The van der Waals surface area contributed by atoms with Crippen molar-refractivity contribution >= 4 is 11.7 Å². The molecular weight excluding hydrogens is 416 g/mol. The zero-order valence-corrected chi connectivity index (χ0v) is 18.9. The van der Waals surface area contributed by atoms with Crippen LogP contribution in [0, 0.1) is 0 Å². The molecule has 0 bridgehead atoms. The van der Waals surface area contributed by atoms with Gasteiger partial charge in [0.15, 0.2) is 6.61 Å². The smallest absolute Gasteiger partial charge is 0.258 e. The van der Waals surface area contributed by atoms with E-state index in [1.165, 1.54) is 0 Å². The molecule has 1 saturated heterocycles. The molecule has 2 aromatic carbocycles. The van der Waals surface area contributed by atoms with E-state index < -0.39 is 0 Å². The van der Waals surface area contributed by atoms with Gasteiger partial charge in [0.05, 0.1) is 0 Å². The maximum Gasteiger partial charge on any atom is 0.258 e. The van der Waals surface area contributed by atoms with Gasteiger partial charge in [0.2, 0.25) is 0 Å². The summed E-state index contributed by atoms with van der Waals surface area (Å²) in [6.45, 7) is 4.76. The first-order valence-corrected chi connectivity index (χ1v) is 11.2. The molecule has 1 aliphatic heterocycles. The molecule has 0 atom stereocenters. The number of hydrogen-bond acceptors (Lipinski definition) is 6. The highest BCUT2D eigenvalue weighted by Gasteiger charge is 2.18. The minimum Gasteiger partial charge on any atom is -0.489 e. The third kappa shape index (κ3) is 6.70. The number of rotatable bonds is 9. The first-order valence-electron chi connectivity index (χ1n) is 11.2. The number of nitrogens with one attached hydrogen (secondary N) is 1. The molecule has 0 radical (unpaired) electrons. The summed E-state index contributed by atoms with van der Waals surface area (Å²) in [5, 5.41) is 2.94. The van der Waals surface area contributed by atoms with Crippen LogP contribution < -0.4 is 19.7 Å². The van der Waals surface area contributed by atoms with Crippen molar-refractivity contribution in [3.05, 3.63) is 84.1 Å². The molecule has 1 aromatic heterocycles. The minimum absolute atomic E-state index is 0.0473. The number of nitrogens with zero attached hydrogens (tertiary/aromatic N) is 3. The molecule has 2 heterocycles. The topological polar surface area (TPSA) is 66.9 Å². The lowest BCUT2D eigenvalue weighted by Crippen LogP contribution is -2.45. The molecular formula is C26H30N4O3. The maximum atomic E-state index is 12.3. The molecule has 1 amide bonds. The summed E-state index contributed by atoms with van der Waals surface area (Å²) in [5.74, 6) is 2.14. The number of ether oxygens (including phenoxy) is 2. The first kappa shape index (κ1) is 22.6. The van der Waals surface area contributed by atoms with Crippen molar-refractivity contribution in [1.29, 1.82) is 0 Å². The van der Waals surface area contributed by atoms with Gasteiger partial charge in [-0.25, -0.2) is 4.98 Å². The largest absolute Gasteiger partial charge is 0.489 e. The molecule has 7 heteroatoms. The Morgan fingerprint density at radius 1 is 0.909 bits per heavy atom. The van der Waals surface area contributed by atoms with Gasteiger partial charge in [-0.3, -0.25) is 4.79 Å². The number of benzene rings is 2. The summed E-state index contributed by atoms with van der Waals surface area (Å²) in [4.78, 5) is 21.5. The van der Waals surface area contributed by atoms with Gasteiger partial charge in [-0.2, -0.15) is 0 Å². The van der Waals surface area contributed by atoms with Crippen LogP contribution in [0.2, 0.25) is 0 Å². The van der Waals surface area contributed by atoms with E-state index in [1.54, 1.807) is 18.3 Å². The SMILES string of the molecule is CN1CCN(c2ncccc2CNC(=O)COc2ccc(OCc3ccccc3)cc2)CC1. The molecule has 33 heavy (non-hydrogen) atoms. The zero-order valence-electron chi connectivity index (χ0n) is 18.9. The number of aromatic nitrogens is 1. The van der Waals surface area contributed by atoms with Crippen molar-refractivity contribution < 1.29 is 14.3 Å². The molecule has 3 aromatic rings. The van der Waals surface area contributed by atoms with Gasteiger partial charge in [0, 0.05) is 44.5 Å². The Labute approximate surface area is 195 Å². The van der Waals surface area contributed by atoms with E-state index in [4.69, 9.17) is 9.47 Å². The number of carbonyl (C=O) groups is 1. The van der Waals surface area contributed by atoms with Gasteiger partial charge >= 0.3 is 0 Å². The van der Waals surface area contributed by atoms with Crippen molar-refractivity contribution in [2.24, 2.45) is 0 Å². The van der Waals surface area contributed by atoms with Crippen LogP contribution in [-0.4, -0.2) is 55.6 Å². The summed E-state index contributed by atoms with van der Waals surface area (Å²) in [5.41, 5.74) is 2.12. The minimum atomic E-state index is -0.174. The fourth-order valence-electron chi connectivity index (χ4n) is 3.64. The van der Waals surface area contributed by atoms with Crippen molar-refractivity contribution in [3.63, 3.8) is 0 Å². The predicted octanol–water partition coefficient (Wildman–Crippen LogP) is 3.11. The fourth-order valence-corrected chi connectivity index (χ4v) is 3.64. The van der Waals surface area contributed by atoms with Crippen LogP contribution in [-0.2, 0) is 17.9 Å². The summed E-state index contributed by atoms with van der Waals surface area (Å²) in [7, 11) is 2.13. The number of piperazine rings is 1. The summed E-state index contributed by atoms with van der Waals surface area (Å²) in [6.07, 6.45) is 1.80. The van der Waals surface area contributed by atoms with Crippen molar-refractivity contribution in [1.82, 2.24) is 15.2 Å². The molecule has 0 saturated carbocycles. The molecule has 0 unspecified atom stereocenters. The number of anilines is 1. The van der Waals surface area contributed by atoms with Gasteiger partial charge in [-0.1, -0.05) is 36.4 Å². The summed E-state index contributed by atoms with van der Waals surface area (Å²) < 4.78 is 11.4. The van der Waals surface area contributed by atoms with Gasteiger partial charge in [0.25, 0.3) is 5.91 Å². The fraction of sp³-hybridized carbons (Fsp3) is 0.308. The van der Waals surface area contributed by atoms with Gasteiger partial charge in [0.1, 0.15) is 23.9 Å². The normalized spacial score (nSPS) is 14.0. The number of hydrogen-bond donors (Lipinski definition) is 1. The van der Waals surface area contributed by atoms with Gasteiger partial charge in [-0.05, 0) is 42.9 Å². The Kier molecular flexibility index (Phi) is 7.76. The van der Waals surface area contributed by atoms with Crippen LogP contribution in [0.25, 0.3) is 0 Å². The number of carbonyl (C=O) groups excluding carboxylic acids is 1. The standard InChI is InChI=1S/C26H30N4O3/c1-29-14-16-30(17-15-29)26-22(8-5-13-27-26)18-28-25(31)20-33-24-11-9-23(10-12-24)32-19-21-6-3-2-4-7-21/h2-13H,14-20H2,1H3,(H,28,31). The molecule has 4 rings (SSSR count). The van der Waals surface area contributed by atoms with Crippen LogP contribution in [0.5, 0.6) is 11.5 Å². The molecule has 172 valence electrons. The van der Waals surface area contributed by atoms with Crippen LogP contribution in [0.4, 0.5) is 5.82 Å². The second kappa shape index (κ2) is 11.3. The second-order valence-corrected chi connectivity index (χ2v) is 8.09. The van der Waals surface area contributed by atoms with Gasteiger partial charge in [-0.15, -0.1) is 0 Å². The van der Waals surface area contributed by atoms with E-state index in [2.05, 4.69) is 27.1 Å². The van der Waals surface area contributed by atoms with Crippen molar-refractivity contribution in [3.8, 4) is 11.5 Å². The molecule has 1 N–H and O–H groups in total. The average Bonchev–Trinajstić information content (AvgIpc) is 2.87. The molecule has 0 spiro atoms. The number of likely N-dealkylation sites (N-methyl/N-ethyl adjacent to an activating group) is 1. The van der Waals surface area contributed by atoms with E-state index in [-0.39, 0.29) is 12.5 Å². The molecule has 1 aliphatic rings. The summed E-state index contributed by atoms with van der Waals surface area (Å²) in [6, 6.07) is 21.2. The van der Waals surface area contributed by atoms with E-state index >= 15 is 0 Å². The predicted molar refractivity (Wildman–Crippen MR) is 129 cm³/mol. The van der Waals surface area contributed by atoms with E-state index in [0.717, 1.165) is 48.9 Å². The number of pyridine rings is 1. The van der Waals surface area contributed by atoms with Gasteiger partial charge < -0.3 is 24.6 Å². The second-order valence-electron chi connectivity index (χ2n) is 8.09. The highest BCUT2D eigenvalue weighted by atomic mass is 16.5. The van der Waals surface area contributed by atoms with E-state index in [1.807, 2.05) is 54.6 Å². The lowest BCUT2D eigenvalue weighted by Gasteiger charge is -2.34. The lowest BCUT2D eigenvalue weighted by atomic mass is 10.2. The first-order chi connectivity index (χ1) is 16.2. The monoisotopic (exact) mass is 446 g/mol. The van der Waals surface area contributed by atoms with Crippen LogP contribution in [0.1, 0.15) is 11.1 Å². The Morgan fingerprint density at radius 3 is 2.33 bits per heavy atom. The molecule has 0 aliphatic carbocycles. The average molecular weight is 447 g/mol. The van der Waals surface area contributed by atoms with E-state index in [0.29, 0.717) is 18.9 Å². The Balaban J connectivity index is 1.22. The quantitative estimate of drug-likeness (QED) is 0.545. The van der Waals surface area contributed by atoms with E-state index in [9.17, 15) is 4.79 Å². The van der Waals surface area contributed by atoms with Crippen LogP contribution in [0.3, 0.4) is 0 Å². The van der Waals surface area contributed by atoms with Crippen molar-refractivity contribution in [2.45, 2.75) is 13.2 Å². The maximum absolute atomic E-state index is 12.3. The van der Waals surface area contributed by atoms with Crippen LogP contribution >= 0.6 is 0 Å². The zero-order chi connectivity index (χ0) is 22.9.